The number of amides is 2. The maximum atomic E-state index is 12.7. The van der Waals surface area contributed by atoms with Crippen LogP contribution in [0.1, 0.15) is 46.8 Å². The molecule has 2 aromatic rings. The van der Waals surface area contributed by atoms with Crippen LogP contribution in [0.4, 0.5) is 5.82 Å². The molecule has 0 aromatic carbocycles. The molecule has 0 aliphatic carbocycles. The molecule has 1 saturated heterocycles. The first-order valence-corrected chi connectivity index (χ1v) is 21.7. The van der Waals surface area contributed by atoms with Crippen molar-refractivity contribution in [2.24, 2.45) is 11.3 Å². The first-order chi connectivity index (χ1) is 24.5. The van der Waals surface area contributed by atoms with E-state index in [0.29, 0.717) is 12.5 Å². The number of imidazole rings is 1. The van der Waals surface area contributed by atoms with E-state index < -0.39 is 78.6 Å². The van der Waals surface area contributed by atoms with Gasteiger partial charge in [0.25, 0.3) is 0 Å². The second kappa shape index (κ2) is 19.2. The Bertz CT molecular complexity index is 1700. The van der Waals surface area contributed by atoms with Crippen LogP contribution in [0.3, 0.4) is 0 Å². The van der Waals surface area contributed by atoms with Crippen molar-refractivity contribution in [2.75, 3.05) is 43.5 Å². The normalized spacial score (nSPS) is 22.4. The van der Waals surface area contributed by atoms with Gasteiger partial charge in [0, 0.05) is 30.7 Å². The number of anilines is 1. The highest BCUT2D eigenvalue weighted by molar-refractivity contribution is 7.99. The van der Waals surface area contributed by atoms with Crippen LogP contribution in [-0.4, -0.2) is 123 Å². The number of carbonyl (C=O) groups excluding carboxylic acids is 2. The minimum Gasteiger partial charge on any atom is -0.386 e. The van der Waals surface area contributed by atoms with Crippen LogP contribution in [0.15, 0.2) is 12.7 Å². The summed E-state index contributed by atoms with van der Waals surface area (Å²) in [5.41, 5.74) is 4.32. The summed E-state index contributed by atoms with van der Waals surface area (Å²) in [4.78, 5) is 75.4. The van der Waals surface area contributed by atoms with Gasteiger partial charge in [-0.25, -0.2) is 28.6 Å². The van der Waals surface area contributed by atoms with Crippen molar-refractivity contribution in [3.8, 4) is 0 Å². The van der Waals surface area contributed by atoms with Gasteiger partial charge in [0.1, 0.15) is 36.3 Å². The molecule has 0 spiro atoms. The van der Waals surface area contributed by atoms with Crippen molar-refractivity contribution in [3.05, 3.63) is 12.7 Å². The molecule has 2 unspecified atom stereocenters. The van der Waals surface area contributed by atoms with Crippen molar-refractivity contribution in [2.45, 2.75) is 71.2 Å². The highest BCUT2D eigenvalue weighted by Crippen LogP contribution is 2.61. The molecule has 1 aliphatic rings. The van der Waals surface area contributed by atoms with Crippen molar-refractivity contribution < 1.29 is 75.7 Å². The van der Waals surface area contributed by atoms with Crippen molar-refractivity contribution in [3.63, 3.8) is 0 Å². The average Bonchev–Trinajstić information content (AvgIpc) is 3.60. The zero-order chi connectivity index (χ0) is 39.8. The molecule has 2 amide bonds. The zero-order valence-corrected chi connectivity index (χ0v) is 32.7. The first-order valence-electron chi connectivity index (χ1n) is 16.0. The second-order valence-electron chi connectivity index (χ2n) is 12.9. The van der Waals surface area contributed by atoms with Gasteiger partial charge >= 0.3 is 23.5 Å². The quantitative estimate of drug-likeness (QED) is 0.0564. The lowest BCUT2D eigenvalue weighted by Gasteiger charge is -2.30. The molecular formula is C26H46N7O16P3S. The van der Waals surface area contributed by atoms with Gasteiger partial charge < -0.3 is 50.9 Å². The number of fused-ring (bicyclic) bond motifs is 1. The highest BCUT2D eigenvalue weighted by Gasteiger charge is 2.50. The average molecular weight is 838 g/mol. The van der Waals surface area contributed by atoms with Crippen LogP contribution < -0.4 is 16.4 Å². The number of nitrogens with two attached hydrogens (primary N) is 1. The molecular weight excluding hydrogens is 791 g/mol. The summed E-state index contributed by atoms with van der Waals surface area (Å²) in [6, 6.07) is 0. The van der Waals surface area contributed by atoms with Gasteiger partial charge in [0.05, 0.1) is 19.5 Å². The molecule has 7 atom stereocenters. The van der Waals surface area contributed by atoms with Crippen LogP contribution in [0, 0.1) is 11.3 Å². The summed E-state index contributed by atoms with van der Waals surface area (Å²) in [5.74, 6) is 1.04. The maximum absolute atomic E-state index is 12.7. The maximum Gasteiger partial charge on any atom is 0.481 e. The van der Waals surface area contributed by atoms with Gasteiger partial charge in [-0.15, -0.1) is 0 Å². The number of ether oxygens (including phenoxy) is 1. The van der Waals surface area contributed by atoms with Crippen LogP contribution in [0.25, 0.3) is 11.2 Å². The van der Waals surface area contributed by atoms with Gasteiger partial charge in [-0.3, -0.25) is 27.7 Å². The number of aliphatic hydroxyl groups excluding tert-OH is 2. The minimum absolute atomic E-state index is 0.0339. The van der Waals surface area contributed by atoms with Gasteiger partial charge in [-0.2, -0.15) is 16.1 Å². The minimum atomic E-state index is -5.54. The molecule has 1 fully saturated rings. The number of rotatable bonds is 22. The van der Waals surface area contributed by atoms with Gasteiger partial charge in [-0.1, -0.05) is 27.7 Å². The Hall–Kier alpha value is -2.11. The van der Waals surface area contributed by atoms with E-state index >= 15 is 0 Å². The molecule has 2 aromatic heterocycles. The topological polar surface area (TPSA) is 347 Å². The Balaban J connectivity index is 1.51. The third kappa shape index (κ3) is 14.2. The van der Waals surface area contributed by atoms with E-state index in [0.717, 1.165) is 35.1 Å². The number of carbonyl (C=O) groups is 2. The monoisotopic (exact) mass is 837 g/mol. The molecule has 23 nitrogen and oxygen atoms in total. The van der Waals surface area contributed by atoms with E-state index in [4.69, 9.17) is 19.5 Å². The van der Waals surface area contributed by atoms with Crippen molar-refractivity contribution in [1.29, 1.82) is 0 Å². The van der Waals surface area contributed by atoms with Crippen molar-refractivity contribution >= 4 is 64.0 Å². The fourth-order valence-electron chi connectivity index (χ4n) is 4.62. The van der Waals surface area contributed by atoms with Crippen molar-refractivity contribution in [1.82, 2.24) is 30.2 Å². The fraction of sp³-hybridized carbons (Fsp3) is 0.731. The van der Waals surface area contributed by atoms with E-state index in [9.17, 15) is 53.1 Å². The highest BCUT2D eigenvalue weighted by atomic mass is 32.2. The number of thioether (sulfide) groups is 1. The number of nitrogens with zero attached hydrogens (tertiary/aromatic N) is 4. The largest absolute Gasteiger partial charge is 0.481 e. The summed E-state index contributed by atoms with van der Waals surface area (Å²) < 4.78 is 62.1. The second-order valence-corrected chi connectivity index (χ2v) is 18.3. The smallest absolute Gasteiger partial charge is 0.386 e. The lowest BCUT2D eigenvalue weighted by atomic mass is 9.87. The van der Waals surface area contributed by atoms with Crippen LogP contribution >= 0.6 is 35.2 Å². The third-order valence-electron chi connectivity index (χ3n) is 7.49. The summed E-state index contributed by atoms with van der Waals surface area (Å²) >= 11 is 1.71. The van der Waals surface area contributed by atoms with Gasteiger partial charge in [-0.05, 0) is 18.1 Å². The van der Waals surface area contributed by atoms with Crippen LogP contribution in [0.5, 0.6) is 0 Å². The predicted octanol–water partition coefficient (Wildman–Crippen LogP) is 0.184. The number of nitrogens with one attached hydrogen (secondary N) is 2. The number of hydrogen-bond acceptors (Lipinski definition) is 17. The van der Waals surface area contributed by atoms with Gasteiger partial charge in [0.15, 0.2) is 17.7 Å². The summed E-state index contributed by atoms with van der Waals surface area (Å²) in [5, 5.41) is 26.5. The van der Waals surface area contributed by atoms with Gasteiger partial charge in [0.2, 0.25) is 11.8 Å². The summed E-state index contributed by atoms with van der Waals surface area (Å²) in [6.45, 7) is 5.18. The number of nitrogen functional groups attached to an aromatic ring is 1. The molecule has 302 valence electrons. The zero-order valence-electron chi connectivity index (χ0n) is 29.2. The predicted molar refractivity (Wildman–Crippen MR) is 186 cm³/mol. The standard InChI is InChI=1S/C26H46N7O16P3S/c1-15(2)6-9-53-10-8-28-17(34)5-7-29-24(37)21(36)26(3,4)12-46-52(43,44)49-51(41,42)45-11-16-20(48-50(38,39)40)19(35)25(47-16)33-14-32-18-22(27)30-13-31-23(18)33/h13-16,19-21,25,35-36H,5-12H2,1-4H3,(H,28,34)(H,29,37)(H,41,42)(H,43,44)(H2,27,30,31)(H2,38,39,40)/t16-,19-,20-,21+,25-/m1/s1. The fourth-order valence-corrected chi connectivity index (χ4v) is 8.54. The van der Waals surface area contributed by atoms with E-state index in [1.807, 2.05) is 0 Å². The third-order valence-corrected chi connectivity index (χ3v) is 11.6. The Morgan fingerprint density at radius 2 is 1.74 bits per heavy atom. The molecule has 0 bridgehead atoms. The Labute approximate surface area is 308 Å². The number of phosphoric acid groups is 3. The van der Waals surface area contributed by atoms with E-state index in [1.54, 1.807) is 11.8 Å². The number of phosphoric ester groups is 3. The number of aliphatic hydroxyl groups is 2. The molecule has 1 aliphatic heterocycles. The number of hydrogen-bond donors (Lipinski definition) is 9. The Morgan fingerprint density at radius 1 is 1.06 bits per heavy atom. The Morgan fingerprint density at radius 3 is 2.40 bits per heavy atom. The SMILES string of the molecule is CC(C)CCSCCNC(=O)CCNC(=O)[C@H](O)C(C)(C)COP(=O)(O)OP(=O)(O)OC[C@H]1O[C@@H](n2cnc3c(N)ncnc32)[C@H](O)[C@@H]1OP(=O)(O)O. The number of aromatic nitrogens is 4. The van der Waals surface area contributed by atoms with E-state index in [2.05, 4.69) is 48.3 Å². The molecule has 0 radical (unpaired) electrons. The molecule has 10 N–H and O–H groups in total. The molecule has 0 saturated carbocycles. The lowest BCUT2D eigenvalue weighted by Crippen LogP contribution is -2.46. The molecule has 53 heavy (non-hydrogen) atoms. The lowest BCUT2D eigenvalue weighted by molar-refractivity contribution is -0.137. The molecule has 3 rings (SSSR count). The Kier molecular flexibility index (Phi) is 16.4. The van der Waals surface area contributed by atoms with E-state index in [-0.39, 0.29) is 35.9 Å². The summed E-state index contributed by atoms with van der Waals surface area (Å²) in [6.07, 6.45) is -5.62. The molecule has 27 heteroatoms. The van der Waals surface area contributed by atoms with E-state index in [1.165, 1.54) is 13.8 Å². The summed E-state index contributed by atoms with van der Waals surface area (Å²) in [7, 11) is -16.3. The molecule has 3 heterocycles. The van der Waals surface area contributed by atoms with Crippen LogP contribution in [0.2, 0.25) is 0 Å². The first kappa shape index (κ1) is 45.3. The van der Waals surface area contributed by atoms with Crippen LogP contribution in [-0.2, 0) is 45.9 Å².